The number of halogens is 2. The lowest BCUT2D eigenvalue weighted by Gasteiger charge is -2.42. The van der Waals surface area contributed by atoms with Crippen LogP contribution in [-0.4, -0.2) is 39.3 Å². The predicted molar refractivity (Wildman–Crippen MR) is 89.8 cm³/mol. The molecule has 118 valence electrons. The molecule has 21 heavy (non-hydrogen) atoms. The van der Waals surface area contributed by atoms with Crippen LogP contribution in [0.1, 0.15) is 30.8 Å². The SMILES string of the molecule is CC1(C)CN(C(=O)c2csc3cncn23)CCC1N.Cl.Cl. The van der Waals surface area contributed by atoms with Gasteiger partial charge in [0.15, 0.2) is 0 Å². The molecule has 0 spiro atoms. The average molecular weight is 351 g/mol. The average Bonchev–Trinajstić information content (AvgIpc) is 2.93. The van der Waals surface area contributed by atoms with E-state index in [1.54, 1.807) is 23.9 Å². The Kier molecular flexibility index (Phi) is 5.66. The lowest BCUT2D eigenvalue weighted by atomic mass is 9.79. The van der Waals surface area contributed by atoms with Crippen LogP contribution in [0.25, 0.3) is 4.83 Å². The summed E-state index contributed by atoms with van der Waals surface area (Å²) in [6.07, 6.45) is 4.33. The first-order chi connectivity index (χ1) is 8.99. The number of imidazole rings is 1. The molecule has 1 amide bonds. The summed E-state index contributed by atoms with van der Waals surface area (Å²) in [6.45, 7) is 5.68. The first-order valence-corrected chi connectivity index (χ1v) is 7.31. The Labute approximate surface area is 140 Å². The van der Waals surface area contributed by atoms with Gasteiger partial charge in [0.2, 0.25) is 0 Å². The maximum atomic E-state index is 12.6. The van der Waals surface area contributed by atoms with Gasteiger partial charge >= 0.3 is 0 Å². The third-order valence-corrected chi connectivity index (χ3v) is 4.86. The number of rotatable bonds is 1. The van der Waals surface area contributed by atoms with Gasteiger partial charge in [-0.1, -0.05) is 13.8 Å². The van der Waals surface area contributed by atoms with Gasteiger partial charge in [0.05, 0.1) is 6.20 Å². The number of amides is 1. The first-order valence-electron chi connectivity index (χ1n) is 6.43. The summed E-state index contributed by atoms with van der Waals surface area (Å²) in [5, 5.41) is 1.90. The molecule has 1 aliphatic rings. The minimum atomic E-state index is -0.0298. The molecule has 1 fully saturated rings. The highest BCUT2D eigenvalue weighted by molar-refractivity contribution is 7.15. The highest BCUT2D eigenvalue weighted by Gasteiger charge is 2.36. The standard InChI is InChI=1S/C13H18N4OS.2ClH/c1-13(2)7-16(4-3-10(13)14)12(18)9-6-19-11-5-15-8-17(9)11;;/h5-6,8,10H,3-4,7,14H2,1-2H3;2*1H. The number of hydrogen-bond donors (Lipinski definition) is 1. The molecular weight excluding hydrogens is 331 g/mol. The fourth-order valence-corrected chi connectivity index (χ4v) is 3.41. The second-order valence-electron chi connectivity index (χ2n) is 5.83. The molecule has 0 bridgehead atoms. The van der Waals surface area contributed by atoms with Gasteiger partial charge in [-0.05, 0) is 11.8 Å². The largest absolute Gasteiger partial charge is 0.337 e. The molecule has 8 heteroatoms. The van der Waals surface area contributed by atoms with Crippen molar-refractivity contribution >= 4 is 46.9 Å². The van der Waals surface area contributed by atoms with E-state index < -0.39 is 0 Å². The second-order valence-corrected chi connectivity index (χ2v) is 6.72. The molecule has 2 aromatic heterocycles. The number of fused-ring (bicyclic) bond motifs is 1. The minimum Gasteiger partial charge on any atom is -0.337 e. The number of nitrogens with two attached hydrogens (primary N) is 1. The molecule has 1 saturated heterocycles. The van der Waals surface area contributed by atoms with Gasteiger partial charge in [-0.15, -0.1) is 36.2 Å². The number of likely N-dealkylation sites (tertiary alicyclic amines) is 1. The Balaban J connectivity index is 0.00000110. The maximum absolute atomic E-state index is 12.6. The van der Waals surface area contributed by atoms with Crippen LogP contribution < -0.4 is 5.73 Å². The highest BCUT2D eigenvalue weighted by atomic mass is 35.5. The molecule has 2 aromatic rings. The Hall–Kier alpha value is -0.820. The third-order valence-electron chi connectivity index (χ3n) is 3.97. The minimum absolute atomic E-state index is 0. The van der Waals surface area contributed by atoms with E-state index >= 15 is 0 Å². The fraction of sp³-hybridized carbons (Fsp3) is 0.538. The Bertz CT molecular complexity index is 624. The van der Waals surface area contributed by atoms with Gasteiger partial charge in [-0.3, -0.25) is 9.20 Å². The van der Waals surface area contributed by atoms with Gasteiger partial charge in [0, 0.05) is 24.5 Å². The summed E-state index contributed by atoms with van der Waals surface area (Å²) >= 11 is 1.54. The Morgan fingerprint density at radius 3 is 2.86 bits per heavy atom. The lowest BCUT2D eigenvalue weighted by molar-refractivity contribution is 0.0526. The second kappa shape index (κ2) is 6.52. The molecule has 1 aliphatic heterocycles. The number of piperidine rings is 1. The van der Waals surface area contributed by atoms with E-state index in [1.807, 2.05) is 14.7 Å². The van der Waals surface area contributed by atoms with Crippen molar-refractivity contribution in [2.45, 2.75) is 26.3 Å². The van der Waals surface area contributed by atoms with Crippen LogP contribution in [0.2, 0.25) is 0 Å². The predicted octanol–water partition coefficient (Wildman–Crippen LogP) is 2.44. The number of carbonyl (C=O) groups excluding carboxylic acids is 1. The van der Waals surface area contributed by atoms with E-state index in [2.05, 4.69) is 18.8 Å². The zero-order valence-corrected chi connectivity index (χ0v) is 14.4. The molecule has 1 atom stereocenters. The van der Waals surface area contributed by atoms with E-state index in [-0.39, 0.29) is 42.2 Å². The zero-order chi connectivity index (χ0) is 13.6. The van der Waals surface area contributed by atoms with E-state index in [4.69, 9.17) is 5.73 Å². The third kappa shape index (κ3) is 3.18. The van der Waals surface area contributed by atoms with Crippen molar-refractivity contribution in [2.75, 3.05) is 13.1 Å². The molecule has 0 saturated carbocycles. The zero-order valence-electron chi connectivity index (χ0n) is 12.0. The maximum Gasteiger partial charge on any atom is 0.271 e. The molecule has 3 rings (SSSR count). The molecule has 0 radical (unpaired) electrons. The highest BCUT2D eigenvalue weighted by Crippen LogP contribution is 2.29. The van der Waals surface area contributed by atoms with Gasteiger partial charge in [0.25, 0.3) is 5.91 Å². The summed E-state index contributed by atoms with van der Waals surface area (Å²) in [6, 6.07) is 0.160. The normalized spacial score (nSPS) is 20.7. The van der Waals surface area contributed by atoms with E-state index in [0.29, 0.717) is 12.2 Å². The van der Waals surface area contributed by atoms with Gasteiger partial charge in [-0.25, -0.2) is 4.98 Å². The van der Waals surface area contributed by atoms with Crippen LogP contribution in [0.3, 0.4) is 0 Å². The van der Waals surface area contributed by atoms with Gasteiger partial charge in [0.1, 0.15) is 16.9 Å². The topological polar surface area (TPSA) is 63.6 Å². The van der Waals surface area contributed by atoms with E-state index in [1.165, 1.54) is 0 Å². The summed E-state index contributed by atoms with van der Waals surface area (Å²) < 4.78 is 1.86. The Morgan fingerprint density at radius 2 is 2.19 bits per heavy atom. The van der Waals surface area contributed by atoms with Crippen LogP contribution in [0.4, 0.5) is 0 Å². The van der Waals surface area contributed by atoms with E-state index in [0.717, 1.165) is 17.8 Å². The molecule has 0 aromatic carbocycles. The smallest absolute Gasteiger partial charge is 0.271 e. The molecule has 1 unspecified atom stereocenters. The summed E-state index contributed by atoms with van der Waals surface area (Å²) in [7, 11) is 0. The van der Waals surface area contributed by atoms with Crippen molar-refractivity contribution in [1.29, 1.82) is 0 Å². The van der Waals surface area contributed by atoms with Crippen LogP contribution >= 0.6 is 36.2 Å². The van der Waals surface area contributed by atoms with Crippen molar-refractivity contribution in [3.63, 3.8) is 0 Å². The van der Waals surface area contributed by atoms with Crippen LogP contribution in [0.15, 0.2) is 17.9 Å². The summed E-state index contributed by atoms with van der Waals surface area (Å²) in [5.41, 5.74) is 6.78. The monoisotopic (exact) mass is 350 g/mol. The van der Waals surface area contributed by atoms with Crippen molar-refractivity contribution < 1.29 is 4.79 Å². The van der Waals surface area contributed by atoms with Crippen molar-refractivity contribution in [3.8, 4) is 0 Å². The number of hydrogen-bond acceptors (Lipinski definition) is 4. The van der Waals surface area contributed by atoms with Crippen LogP contribution in [0, 0.1) is 5.41 Å². The molecule has 2 N–H and O–H groups in total. The number of carbonyl (C=O) groups is 1. The summed E-state index contributed by atoms with van der Waals surface area (Å²) in [4.78, 5) is 19.6. The molecule has 5 nitrogen and oxygen atoms in total. The van der Waals surface area contributed by atoms with Gasteiger partial charge < -0.3 is 10.6 Å². The number of thiazole rings is 1. The molecular formula is C13H20Cl2N4OS. The van der Waals surface area contributed by atoms with Crippen molar-refractivity contribution in [2.24, 2.45) is 11.1 Å². The fourth-order valence-electron chi connectivity index (χ4n) is 2.59. The van der Waals surface area contributed by atoms with Crippen molar-refractivity contribution in [3.05, 3.63) is 23.6 Å². The Morgan fingerprint density at radius 1 is 1.48 bits per heavy atom. The molecule has 3 heterocycles. The quantitative estimate of drug-likeness (QED) is 0.858. The lowest BCUT2D eigenvalue weighted by Crippen LogP contribution is -2.54. The number of nitrogens with zero attached hydrogens (tertiary/aromatic N) is 3. The van der Waals surface area contributed by atoms with Crippen molar-refractivity contribution in [1.82, 2.24) is 14.3 Å². The van der Waals surface area contributed by atoms with E-state index in [9.17, 15) is 4.79 Å². The molecule has 0 aliphatic carbocycles. The first kappa shape index (κ1) is 18.2. The van der Waals surface area contributed by atoms with Crippen LogP contribution in [-0.2, 0) is 0 Å². The number of aromatic nitrogens is 2. The van der Waals surface area contributed by atoms with Gasteiger partial charge in [-0.2, -0.15) is 0 Å². The van der Waals surface area contributed by atoms with Crippen LogP contribution in [0.5, 0.6) is 0 Å². The summed E-state index contributed by atoms with van der Waals surface area (Å²) in [5.74, 6) is 0.0734.